The van der Waals surface area contributed by atoms with E-state index in [2.05, 4.69) is 6.92 Å². The maximum atomic E-state index is 5.63. The van der Waals surface area contributed by atoms with Crippen LogP contribution in [0.1, 0.15) is 27.2 Å². The van der Waals surface area contributed by atoms with Crippen molar-refractivity contribution in [3.63, 3.8) is 0 Å². The highest BCUT2D eigenvalue weighted by Crippen LogP contribution is 2.05. The summed E-state index contributed by atoms with van der Waals surface area (Å²) in [4.78, 5) is 0. The molecule has 0 aliphatic carbocycles. The van der Waals surface area contributed by atoms with Crippen molar-refractivity contribution in [2.24, 2.45) is 0 Å². The molecule has 0 N–H and O–H groups in total. The molecule has 0 saturated carbocycles. The van der Waals surface area contributed by atoms with Crippen LogP contribution in [0, 0.1) is 0 Å². The van der Waals surface area contributed by atoms with Gasteiger partial charge in [-0.2, -0.15) is 0 Å². The standard InChI is InChI=1S/C13H22O2/c1-5-8-10-13(9-6-2)15-11-12(7-3)14-4/h5-6,8-10,12H,7,11H2,1-4H3/b8-5-,9-6-,13-10+. The number of ether oxygens (including phenoxy) is 2. The summed E-state index contributed by atoms with van der Waals surface area (Å²) in [5, 5.41) is 0. The van der Waals surface area contributed by atoms with Crippen LogP contribution in [0.3, 0.4) is 0 Å². The molecule has 1 atom stereocenters. The van der Waals surface area contributed by atoms with Crippen LogP contribution in [0.25, 0.3) is 0 Å². The lowest BCUT2D eigenvalue weighted by atomic mass is 10.3. The van der Waals surface area contributed by atoms with E-state index in [9.17, 15) is 0 Å². The topological polar surface area (TPSA) is 18.5 Å². The van der Waals surface area contributed by atoms with Gasteiger partial charge in [-0.05, 0) is 32.4 Å². The lowest BCUT2D eigenvalue weighted by molar-refractivity contribution is 0.0342. The lowest BCUT2D eigenvalue weighted by Gasteiger charge is -2.14. The van der Waals surface area contributed by atoms with E-state index < -0.39 is 0 Å². The Morgan fingerprint density at radius 1 is 1.27 bits per heavy atom. The SMILES string of the molecule is C\C=C/C=C(\C=C/C)OCC(CC)OC. The lowest BCUT2D eigenvalue weighted by Crippen LogP contribution is -2.16. The highest BCUT2D eigenvalue weighted by atomic mass is 16.5. The third-order valence-electron chi connectivity index (χ3n) is 2.01. The molecule has 0 saturated heterocycles. The summed E-state index contributed by atoms with van der Waals surface area (Å²) in [5.74, 6) is 0.867. The molecule has 2 nitrogen and oxygen atoms in total. The second kappa shape index (κ2) is 9.53. The number of methoxy groups -OCH3 is 1. The van der Waals surface area contributed by atoms with Gasteiger partial charge in [0.25, 0.3) is 0 Å². The zero-order valence-corrected chi connectivity index (χ0v) is 10.2. The molecule has 0 radical (unpaired) electrons. The summed E-state index contributed by atoms with van der Waals surface area (Å²) in [6.45, 7) is 6.64. The van der Waals surface area contributed by atoms with Gasteiger partial charge in [0.15, 0.2) is 0 Å². The minimum atomic E-state index is 0.171. The first-order valence-electron chi connectivity index (χ1n) is 5.39. The van der Waals surface area contributed by atoms with Crippen LogP contribution >= 0.6 is 0 Å². The Morgan fingerprint density at radius 3 is 2.47 bits per heavy atom. The van der Waals surface area contributed by atoms with Gasteiger partial charge in [-0.25, -0.2) is 0 Å². The first-order valence-corrected chi connectivity index (χ1v) is 5.39. The first-order chi connectivity index (χ1) is 7.28. The Kier molecular flexibility index (Phi) is 8.88. The van der Waals surface area contributed by atoms with E-state index in [-0.39, 0.29) is 6.10 Å². The van der Waals surface area contributed by atoms with Crippen molar-refractivity contribution in [2.45, 2.75) is 33.3 Å². The summed E-state index contributed by atoms with van der Waals surface area (Å²) < 4.78 is 10.9. The summed E-state index contributed by atoms with van der Waals surface area (Å²) >= 11 is 0. The highest BCUT2D eigenvalue weighted by Gasteiger charge is 2.04. The molecule has 0 aromatic heterocycles. The third-order valence-corrected chi connectivity index (χ3v) is 2.01. The van der Waals surface area contributed by atoms with Crippen molar-refractivity contribution in [2.75, 3.05) is 13.7 Å². The molecule has 1 unspecified atom stereocenters. The Bertz CT molecular complexity index is 223. The molecular weight excluding hydrogens is 188 g/mol. The molecule has 0 fully saturated rings. The van der Waals surface area contributed by atoms with Crippen LogP contribution in [0.5, 0.6) is 0 Å². The molecule has 0 heterocycles. The molecular formula is C13H22O2. The van der Waals surface area contributed by atoms with Crippen LogP contribution < -0.4 is 0 Å². The van der Waals surface area contributed by atoms with Gasteiger partial charge in [0.2, 0.25) is 0 Å². The van der Waals surface area contributed by atoms with Crippen LogP contribution in [0.4, 0.5) is 0 Å². The average molecular weight is 210 g/mol. The number of hydrogen-bond donors (Lipinski definition) is 0. The predicted octanol–water partition coefficient (Wildman–Crippen LogP) is 3.46. The van der Waals surface area contributed by atoms with Gasteiger partial charge in [0, 0.05) is 7.11 Å². The molecule has 0 bridgehead atoms. The summed E-state index contributed by atoms with van der Waals surface area (Å²) in [7, 11) is 1.71. The second-order valence-electron chi connectivity index (χ2n) is 3.17. The average Bonchev–Trinajstić information content (AvgIpc) is 2.27. The van der Waals surface area contributed by atoms with Crippen molar-refractivity contribution in [3.8, 4) is 0 Å². The van der Waals surface area contributed by atoms with Crippen LogP contribution in [0.2, 0.25) is 0 Å². The zero-order chi connectivity index (χ0) is 11.5. The molecule has 0 aromatic carbocycles. The summed E-state index contributed by atoms with van der Waals surface area (Å²) in [6.07, 6.45) is 10.9. The monoisotopic (exact) mass is 210 g/mol. The van der Waals surface area contributed by atoms with E-state index in [0.29, 0.717) is 6.61 Å². The molecule has 0 aromatic rings. The maximum Gasteiger partial charge on any atom is 0.119 e. The fourth-order valence-electron chi connectivity index (χ4n) is 1.05. The Balaban J connectivity index is 4.17. The summed E-state index contributed by atoms with van der Waals surface area (Å²) in [5.41, 5.74) is 0. The van der Waals surface area contributed by atoms with Gasteiger partial charge in [-0.15, -0.1) is 0 Å². The van der Waals surface area contributed by atoms with Crippen molar-refractivity contribution in [1.82, 2.24) is 0 Å². The maximum absolute atomic E-state index is 5.63. The number of allylic oxidation sites excluding steroid dienone is 5. The van der Waals surface area contributed by atoms with E-state index in [1.807, 2.05) is 44.2 Å². The molecule has 0 amide bonds. The van der Waals surface area contributed by atoms with E-state index in [0.717, 1.165) is 12.2 Å². The normalized spacial score (nSPS) is 15.1. The zero-order valence-electron chi connectivity index (χ0n) is 10.2. The molecule has 2 heteroatoms. The quantitative estimate of drug-likeness (QED) is 0.473. The molecule has 0 aliphatic heterocycles. The molecule has 15 heavy (non-hydrogen) atoms. The molecule has 86 valence electrons. The van der Waals surface area contributed by atoms with Gasteiger partial charge in [-0.3, -0.25) is 0 Å². The van der Waals surface area contributed by atoms with E-state index >= 15 is 0 Å². The minimum Gasteiger partial charge on any atom is -0.491 e. The van der Waals surface area contributed by atoms with Crippen LogP contribution in [0.15, 0.2) is 36.1 Å². The summed E-state index contributed by atoms with van der Waals surface area (Å²) in [6, 6.07) is 0. The van der Waals surface area contributed by atoms with Gasteiger partial charge in [-0.1, -0.05) is 25.2 Å². The van der Waals surface area contributed by atoms with Crippen LogP contribution in [-0.4, -0.2) is 19.8 Å². The predicted molar refractivity (Wildman–Crippen MR) is 64.8 cm³/mol. The van der Waals surface area contributed by atoms with Gasteiger partial charge >= 0.3 is 0 Å². The van der Waals surface area contributed by atoms with Crippen LogP contribution in [-0.2, 0) is 9.47 Å². The van der Waals surface area contributed by atoms with E-state index in [1.165, 1.54) is 0 Å². The third kappa shape index (κ3) is 6.97. The fourth-order valence-corrected chi connectivity index (χ4v) is 1.05. The molecule has 0 spiro atoms. The van der Waals surface area contributed by atoms with Gasteiger partial charge in [0.05, 0.1) is 6.10 Å². The van der Waals surface area contributed by atoms with Crippen molar-refractivity contribution in [3.05, 3.63) is 36.1 Å². The second-order valence-corrected chi connectivity index (χ2v) is 3.17. The molecule has 0 aliphatic rings. The van der Waals surface area contributed by atoms with Crippen molar-refractivity contribution >= 4 is 0 Å². The largest absolute Gasteiger partial charge is 0.491 e. The Hall–Kier alpha value is -1.02. The van der Waals surface area contributed by atoms with Crippen molar-refractivity contribution < 1.29 is 9.47 Å². The first kappa shape index (κ1) is 14.0. The Morgan fingerprint density at radius 2 is 2.00 bits per heavy atom. The Labute approximate surface area is 93.3 Å². The molecule has 0 rings (SSSR count). The van der Waals surface area contributed by atoms with Gasteiger partial charge < -0.3 is 9.47 Å². The number of rotatable bonds is 7. The van der Waals surface area contributed by atoms with Gasteiger partial charge in [0.1, 0.15) is 12.4 Å². The number of hydrogen-bond acceptors (Lipinski definition) is 2. The van der Waals surface area contributed by atoms with E-state index in [1.54, 1.807) is 7.11 Å². The fraction of sp³-hybridized carbons (Fsp3) is 0.538. The highest BCUT2D eigenvalue weighted by molar-refractivity contribution is 5.17. The minimum absolute atomic E-state index is 0.171. The van der Waals surface area contributed by atoms with E-state index in [4.69, 9.17) is 9.47 Å². The smallest absolute Gasteiger partial charge is 0.119 e. The van der Waals surface area contributed by atoms with Crippen molar-refractivity contribution in [1.29, 1.82) is 0 Å².